The third kappa shape index (κ3) is 3.11. The summed E-state index contributed by atoms with van der Waals surface area (Å²) in [5.41, 5.74) is 5.58. The lowest BCUT2D eigenvalue weighted by molar-refractivity contribution is 0.549. The first-order valence-electron chi connectivity index (χ1n) is 4.18. The molecule has 0 amide bonds. The summed E-state index contributed by atoms with van der Waals surface area (Å²) in [6, 6.07) is -0.228. The van der Waals surface area contributed by atoms with Crippen LogP contribution in [-0.2, 0) is 9.84 Å². The SMILES string of the molecule is CCC(N)CS(=O)(=O)C(C)(C)C. The molecule has 12 heavy (non-hydrogen) atoms. The van der Waals surface area contributed by atoms with Crippen LogP contribution in [-0.4, -0.2) is 25.0 Å². The minimum Gasteiger partial charge on any atom is -0.327 e. The molecular weight excluding hydrogens is 174 g/mol. The fourth-order valence-electron chi connectivity index (χ4n) is 0.650. The predicted octanol–water partition coefficient (Wildman–Crippen LogP) is 0.937. The molecule has 0 aromatic carbocycles. The molecule has 2 N–H and O–H groups in total. The zero-order valence-corrected chi connectivity index (χ0v) is 9.11. The maximum absolute atomic E-state index is 11.5. The molecule has 0 aromatic rings. The van der Waals surface area contributed by atoms with E-state index in [2.05, 4.69) is 0 Å². The van der Waals surface area contributed by atoms with Crippen LogP contribution in [0.2, 0.25) is 0 Å². The van der Waals surface area contributed by atoms with E-state index in [4.69, 9.17) is 5.73 Å². The van der Waals surface area contributed by atoms with E-state index in [1.54, 1.807) is 20.8 Å². The van der Waals surface area contributed by atoms with Gasteiger partial charge in [0.15, 0.2) is 9.84 Å². The molecule has 74 valence electrons. The Morgan fingerprint density at radius 3 is 2.00 bits per heavy atom. The zero-order chi connectivity index (χ0) is 9.99. The van der Waals surface area contributed by atoms with Crippen LogP contribution in [0.4, 0.5) is 0 Å². The molecule has 0 radical (unpaired) electrons. The van der Waals surface area contributed by atoms with Gasteiger partial charge in [0, 0.05) is 6.04 Å². The third-order valence-corrected chi connectivity index (χ3v) is 4.62. The maximum Gasteiger partial charge on any atom is 0.156 e. The van der Waals surface area contributed by atoms with Crippen molar-refractivity contribution in [2.75, 3.05) is 5.75 Å². The molecule has 1 atom stereocenters. The Morgan fingerprint density at radius 1 is 1.33 bits per heavy atom. The van der Waals surface area contributed by atoms with E-state index >= 15 is 0 Å². The Kier molecular flexibility index (Phi) is 3.72. The molecule has 3 nitrogen and oxygen atoms in total. The van der Waals surface area contributed by atoms with Crippen LogP contribution in [0.15, 0.2) is 0 Å². The highest BCUT2D eigenvalue weighted by Gasteiger charge is 2.29. The monoisotopic (exact) mass is 193 g/mol. The van der Waals surface area contributed by atoms with Crippen LogP contribution >= 0.6 is 0 Å². The molecule has 4 heteroatoms. The molecule has 0 bridgehead atoms. The molecule has 0 rings (SSSR count). The van der Waals surface area contributed by atoms with Gasteiger partial charge in [-0.15, -0.1) is 0 Å². The average molecular weight is 193 g/mol. The van der Waals surface area contributed by atoms with Crippen LogP contribution in [0.5, 0.6) is 0 Å². The summed E-state index contributed by atoms with van der Waals surface area (Å²) in [7, 11) is -3.03. The van der Waals surface area contributed by atoms with E-state index in [0.29, 0.717) is 6.42 Å². The van der Waals surface area contributed by atoms with Gasteiger partial charge in [0.1, 0.15) is 0 Å². The molecule has 1 unspecified atom stereocenters. The summed E-state index contributed by atoms with van der Waals surface area (Å²) < 4.78 is 22.4. The van der Waals surface area contributed by atoms with Gasteiger partial charge in [-0.3, -0.25) is 0 Å². The van der Waals surface area contributed by atoms with Gasteiger partial charge in [0.05, 0.1) is 10.5 Å². The molecule has 0 saturated carbocycles. The Morgan fingerprint density at radius 2 is 1.75 bits per heavy atom. The highest BCUT2D eigenvalue weighted by atomic mass is 32.2. The lowest BCUT2D eigenvalue weighted by atomic mass is 10.3. The lowest BCUT2D eigenvalue weighted by Crippen LogP contribution is -2.38. The van der Waals surface area contributed by atoms with Gasteiger partial charge >= 0.3 is 0 Å². The van der Waals surface area contributed by atoms with Crippen molar-refractivity contribution in [2.24, 2.45) is 5.73 Å². The van der Waals surface area contributed by atoms with E-state index in [1.807, 2.05) is 6.92 Å². The largest absolute Gasteiger partial charge is 0.327 e. The van der Waals surface area contributed by atoms with E-state index in [0.717, 1.165) is 0 Å². The van der Waals surface area contributed by atoms with Crippen molar-refractivity contribution in [1.82, 2.24) is 0 Å². The molecule has 0 heterocycles. The Hall–Kier alpha value is -0.0900. The Labute approximate surface area is 75.3 Å². The smallest absolute Gasteiger partial charge is 0.156 e. The van der Waals surface area contributed by atoms with Gasteiger partial charge in [0.25, 0.3) is 0 Å². The van der Waals surface area contributed by atoms with Crippen molar-refractivity contribution in [1.29, 1.82) is 0 Å². The van der Waals surface area contributed by atoms with E-state index in [1.165, 1.54) is 0 Å². The summed E-state index contributed by atoms with van der Waals surface area (Å²) in [5.74, 6) is 0.0903. The van der Waals surface area contributed by atoms with Crippen molar-refractivity contribution in [3.8, 4) is 0 Å². The number of sulfone groups is 1. The first-order chi connectivity index (χ1) is 5.20. The number of rotatable bonds is 3. The highest BCUT2D eigenvalue weighted by Crippen LogP contribution is 2.16. The van der Waals surface area contributed by atoms with Crippen molar-refractivity contribution < 1.29 is 8.42 Å². The van der Waals surface area contributed by atoms with E-state index < -0.39 is 14.6 Å². The van der Waals surface area contributed by atoms with Gasteiger partial charge in [-0.25, -0.2) is 8.42 Å². The lowest BCUT2D eigenvalue weighted by Gasteiger charge is -2.21. The summed E-state index contributed by atoms with van der Waals surface area (Å²) in [6.45, 7) is 6.99. The quantitative estimate of drug-likeness (QED) is 0.725. The second-order valence-electron chi connectivity index (χ2n) is 4.06. The van der Waals surface area contributed by atoms with Crippen LogP contribution < -0.4 is 5.73 Å². The van der Waals surface area contributed by atoms with Crippen LogP contribution in [0.1, 0.15) is 34.1 Å². The van der Waals surface area contributed by atoms with Crippen molar-refractivity contribution >= 4 is 9.84 Å². The molecule has 0 saturated heterocycles. The van der Waals surface area contributed by atoms with Crippen molar-refractivity contribution in [3.63, 3.8) is 0 Å². The van der Waals surface area contributed by atoms with Crippen LogP contribution in [0.25, 0.3) is 0 Å². The number of hydrogen-bond donors (Lipinski definition) is 1. The Balaban J connectivity index is 4.46. The second kappa shape index (κ2) is 3.75. The Bertz CT molecular complexity index is 226. The average Bonchev–Trinajstić information content (AvgIpc) is 1.84. The molecule has 0 aliphatic carbocycles. The standard InChI is InChI=1S/C8H19NO2S/c1-5-7(9)6-12(10,11)8(2,3)4/h7H,5-6,9H2,1-4H3. The van der Waals surface area contributed by atoms with Crippen LogP contribution in [0.3, 0.4) is 0 Å². The summed E-state index contributed by atoms with van der Waals surface area (Å²) >= 11 is 0. The zero-order valence-electron chi connectivity index (χ0n) is 8.29. The molecule has 0 aliphatic rings. The van der Waals surface area contributed by atoms with Gasteiger partial charge in [0.2, 0.25) is 0 Å². The number of nitrogens with two attached hydrogens (primary N) is 1. The first-order valence-corrected chi connectivity index (χ1v) is 5.84. The van der Waals surface area contributed by atoms with Gasteiger partial charge in [-0.05, 0) is 27.2 Å². The normalized spacial score (nSPS) is 16.1. The first kappa shape index (κ1) is 11.9. The molecule has 0 spiro atoms. The second-order valence-corrected chi connectivity index (χ2v) is 6.85. The molecule has 0 fully saturated rings. The fraction of sp³-hybridized carbons (Fsp3) is 1.00. The van der Waals surface area contributed by atoms with E-state index in [9.17, 15) is 8.42 Å². The highest BCUT2D eigenvalue weighted by molar-refractivity contribution is 7.92. The van der Waals surface area contributed by atoms with Gasteiger partial charge in [-0.2, -0.15) is 0 Å². The summed E-state index contributed by atoms with van der Waals surface area (Å²) in [5, 5.41) is 0. The topological polar surface area (TPSA) is 60.2 Å². The minimum absolute atomic E-state index is 0.0903. The molecule has 0 aliphatic heterocycles. The maximum atomic E-state index is 11.5. The van der Waals surface area contributed by atoms with Crippen molar-refractivity contribution in [2.45, 2.75) is 44.9 Å². The van der Waals surface area contributed by atoms with Gasteiger partial charge in [-0.1, -0.05) is 6.92 Å². The summed E-state index contributed by atoms with van der Waals surface area (Å²) in [4.78, 5) is 0. The summed E-state index contributed by atoms with van der Waals surface area (Å²) in [6.07, 6.45) is 0.704. The van der Waals surface area contributed by atoms with Crippen LogP contribution in [0, 0.1) is 0 Å². The molecular formula is C8H19NO2S. The molecule has 0 aromatic heterocycles. The van der Waals surface area contributed by atoms with E-state index in [-0.39, 0.29) is 11.8 Å². The third-order valence-electron chi connectivity index (χ3n) is 1.89. The minimum atomic E-state index is -3.03. The number of hydrogen-bond acceptors (Lipinski definition) is 3. The van der Waals surface area contributed by atoms with Gasteiger partial charge < -0.3 is 5.73 Å². The fourth-order valence-corrected chi connectivity index (χ4v) is 1.95. The van der Waals surface area contributed by atoms with Crippen molar-refractivity contribution in [3.05, 3.63) is 0 Å². The predicted molar refractivity (Wildman–Crippen MR) is 51.8 cm³/mol.